The fourth-order valence-electron chi connectivity index (χ4n) is 3.43. The van der Waals surface area contributed by atoms with Gasteiger partial charge in [0.25, 0.3) is 0 Å². The van der Waals surface area contributed by atoms with E-state index in [0.29, 0.717) is 18.1 Å². The van der Waals surface area contributed by atoms with Crippen molar-refractivity contribution in [1.82, 2.24) is 9.78 Å². The Labute approximate surface area is 147 Å². The standard InChI is InChI=1S/C18H24N4O3/c1-14-17(22(23)24)18(20(2)19-14)21-11-8-16(9-12-21)25-13-10-15-6-4-3-5-7-15/h3-7,16H,8-13H2,1-2H3. The van der Waals surface area contributed by atoms with Crippen LogP contribution in [0.15, 0.2) is 30.3 Å². The number of piperidine rings is 1. The normalized spacial score (nSPS) is 15.5. The van der Waals surface area contributed by atoms with Gasteiger partial charge in [0.2, 0.25) is 5.82 Å². The van der Waals surface area contributed by atoms with Crippen LogP contribution in [-0.2, 0) is 18.2 Å². The first kappa shape index (κ1) is 17.4. The van der Waals surface area contributed by atoms with E-state index in [1.165, 1.54) is 5.56 Å². The van der Waals surface area contributed by atoms with Crippen LogP contribution in [0.25, 0.3) is 0 Å². The van der Waals surface area contributed by atoms with E-state index < -0.39 is 0 Å². The van der Waals surface area contributed by atoms with Crippen molar-refractivity contribution in [2.45, 2.75) is 32.3 Å². The lowest BCUT2D eigenvalue weighted by Crippen LogP contribution is -2.38. The minimum absolute atomic E-state index is 0.117. The van der Waals surface area contributed by atoms with Crippen molar-refractivity contribution in [3.8, 4) is 0 Å². The number of rotatable bonds is 6. The van der Waals surface area contributed by atoms with Gasteiger partial charge in [-0.3, -0.25) is 10.1 Å². The molecule has 7 heteroatoms. The minimum atomic E-state index is -0.333. The maximum Gasteiger partial charge on any atom is 0.333 e. The monoisotopic (exact) mass is 344 g/mol. The van der Waals surface area contributed by atoms with Crippen LogP contribution >= 0.6 is 0 Å². The first-order valence-corrected chi connectivity index (χ1v) is 8.64. The fraction of sp³-hybridized carbons (Fsp3) is 0.500. The van der Waals surface area contributed by atoms with E-state index in [9.17, 15) is 10.1 Å². The second-order valence-corrected chi connectivity index (χ2v) is 6.43. The molecule has 0 saturated carbocycles. The minimum Gasteiger partial charge on any atom is -0.378 e. The van der Waals surface area contributed by atoms with E-state index in [1.807, 2.05) is 18.2 Å². The summed E-state index contributed by atoms with van der Waals surface area (Å²) in [7, 11) is 1.76. The second kappa shape index (κ2) is 7.65. The Hall–Kier alpha value is -2.41. The zero-order valence-electron chi connectivity index (χ0n) is 14.7. The summed E-state index contributed by atoms with van der Waals surface area (Å²) in [6.07, 6.45) is 2.87. The third-order valence-electron chi connectivity index (χ3n) is 4.67. The molecule has 2 aromatic rings. The Morgan fingerprint density at radius 2 is 1.96 bits per heavy atom. The maximum absolute atomic E-state index is 11.3. The van der Waals surface area contributed by atoms with Gasteiger partial charge in [-0.25, -0.2) is 4.68 Å². The molecule has 1 aliphatic rings. The quantitative estimate of drug-likeness (QED) is 0.595. The van der Waals surface area contributed by atoms with Crippen LogP contribution in [0, 0.1) is 17.0 Å². The molecule has 0 atom stereocenters. The first-order chi connectivity index (χ1) is 12.1. The molecule has 0 N–H and O–H groups in total. The number of nitro groups is 1. The van der Waals surface area contributed by atoms with Crippen LogP contribution in [0.1, 0.15) is 24.1 Å². The van der Waals surface area contributed by atoms with Gasteiger partial charge in [-0.05, 0) is 31.7 Å². The lowest BCUT2D eigenvalue weighted by molar-refractivity contribution is -0.384. The van der Waals surface area contributed by atoms with E-state index in [0.717, 1.165) is 32.4 Å². The third-order valence-corrected chi connectivity index (χ3v) is 4.67. The summed E-state index contributed by atoms with van der Waals surface area (Å²) in [6, 6.07) is 10.3. The molecule has 0 aliphatic carbocycles. The summed E-state index contributed by atoms with van der Waals surface area (Å²) in [4.78, 5) is 13.1. The van der Waals surface area contributed by atoms with Crippen molar-refractivity contribution in [3.05, 3.63) is 51.7 Å². The van der Waals surface area contributed by atoms with Crippen molar-refractivity contribution < 1.29 is 9.66 Å². The maximum atomic E-state index is 11.3. The molecule has 7 nitrogen and oxygen atoms in total. The summed E-state index contributed by atoms with van der Waals surface area (Å²) in [5.74, 6) is 0.602. The molecule has 0 amide bonds. The molecular formula is C18H24N4O3. The highest BCUT2D eigenvalue weighted by atomic mass is 16.6. The number of hydrogen-bond acceptors (Lipinski definition) is 5. The van der Waals surface area contributed by atoms with Crippen LogP contribution < -0.4 is 4.90 Å². The molecule has 25 heavy (non-hydrogen) atoms. The summed E-state index contributed by atoms with van der Waals surface area (Å²) in [5.41, 5.74) is 1.86. The Kier molecular flexibility index (Phi) is 5.33. The average Bonchev–Trinajstić information content (AvgIpc) is 2.91. The van der Waals surface area contributed by atoms with E-state index >= 15 is 0 Å². The number of hydrogen-bond donors (Lipinski definition) is 0. The molecule has 0 radical (unpaired) electrons. The molecule has 0 spiro atoms. The Balaban J connectivity index is 1.53. The third kappa shape index (κ3) is 3.99. The van der Waals surface area contributed by atoms with Gasteiger partial charge in [0.15, 0.2) is 0 Å². The van der Waals surface area contributed by atoms with Gasteiger partial charge >= 0.3 is 5.69 Å². The molecule has 2 heterocycles. The number of aromatic nitrogens is 2. The Morgan fingerprint density at radius 3 is 2.60 bits per heavy atom. The molecule has 3 rings (SSSR count). The summed E-state index contributed by atoms with van der Waals surface area (Å²) in [6.45, 7) is 3.88. The average molecular weight is 344 g/mol. The van der Waals surface area contributed by atoms with E-state index in [-0.39, 0.29) is 16.7 Å². The van der Waals surface area contributed by atoms with Gasteiger partial charge in [0.1, 0.15) is 5.69 Å². The molecule has 1 aromatic carbocycles. The van der Waals surface area contributed by atoms with Gasteiger partial charge in [0, 0.05) is 20.1 Å². The van der Waals surface area contributed by atoms with Crippen molar-refractivity contribution in [2.75, 3.05) is 24.6 Å². The summed E-state index contributed by atoms with van der Waals surface area (Å²) in [5, 5.41) is 15.6. The lowest BCUT2D eigenvalue weighted by atomic mass is 10.1. The Bertz CT molecular complexity index is 721. The fourth-order valence-corrected chi connectivity index (χ4v) is 3.43. The number of anilines is 1. The van der Waals surface area contributed by atoms with Gasteiger partial charge < -0.3 is 9.64 Å². The highest BCUT2D eigenvalue weighted by Gasteiger charge is 2.31. The predicted octanol–water partition coefficient (Wildman–Crippen LogP) is 2.86. The largest absolute Gasteiger partial charge is 0.378 e. The zero-order valence-corrected chi connectivity index (χ0v) is 14.7. The second-order valence-electron chi connectivity index (χ2n) is 6.43. The van der Waals surface area contributed by atoms with Crippen LogP contribution in [0.3, 0.4) is 0 Å². The van der Waals surface area contributed by atoms with Gasteiger partial charge in [-0.2, -0.15) is 5.10 Å². The van der Waals surface area contributed by atoms with Gasteiger partial charge in [-0.15, -0.1) is 0 Å². The number of benzene rings is 1. The van der Waals surface area contributed by atoms with Gasteiger partial charge in [0.05, 0.1) is 17.6 Å². The Morgan fingerprint density at radius 1 is 1.28 bits per heavy atom. The molecule has 134 valence electrons. The molecule has 1 saturated heterocycles. The number of nitrogens with zero attached hydrogens (tertiary/aromatic N) is 4. The summed E-state index contributed by atoms with van der Waals surface area (Å²) < 4.78 is 7.62. The van der Waals surface area contributed by atoms with Crippen molar-refractivity contribution >= 4 is 11.5 Å². The van der Waals surface area contributed by atoms with Gasteiger partial charge in [-0.1, -0.05) is 30.3 Å². The lowest BCUT2D eigenvalue weighted by Gasteiger charge is -2.32. The highest BCUT2D eigenvalue weighted by molar-refractivity contribution is 5.61. The topological polar surface area (TPSA) is 73.4 Å². The smallest absolute Gasteiger partial charge is 0.333 e. The molecule has 1 aliphatic heterocycles. The van der Waals surface area contributed by atoms with Crippen molar-refractivity contribution in [2.24, 2.45) is 7.05 Å². The first-order valence-electron chi connectivity index (χ1n) is 8.64. The number of ether oxygens (including phenoxy) is 1. The molecule has 0 unspecified atom stereocenters. The van der Waals surface area contributed by atoms with E-state index in [1.54, 1.807) is 18.7 Å². The van der Waals surface area contributed by atoms with Crippen LogP contribution in [0.4, 0.5) is 11.5 Å². The molecular weight excluding hydrogens is 320 g/mol. The SMILES string of the molecule is Cc1nn(C)c(N2CCC(OCCc3ccccc3)CC2)c1[N+](=O)[O-]. The molecule has 1 fully saturated rings. The van der Waals surface area contributed by atoms with Crippen LogP contribution in [0.2, 0.25) is 0 Å². The predicted molar refractivity (Wildman–Crippen MR) is 95.9 cm³/mol. The number of aryl methyl sites for hydroxylation is 2. The van der Waals surface area contributed by atoms with Crippen LogP contribution in [0.5, 0.6) is 0 Å². The van der Waals surface area contributed by atoms with Crippen LogP contribution in [-0.4, -0.2) is 40.5 Å². The molecule has 1 aromatic heterocycles. The van der Waals surface area contributed by atoms with Crippen molar-refractivity contribution in [3.63, 3.8) is 0 Å². The zero-order chi connectivity index (χ0) is 17.8. The van der Waals surface area contributed by atoms with E-state index in [2.05, 4.69) is 22.1 Å². The summed E-state index contributed by atoms with van der Waals surface area (Å²) >= 11 is 0. The van der Waals surface area contributed by atoms with E-state index in [4.69, 9.17) is 4.74 Å². The van der Waals surface area contributed by atoms with Crippen molar-refractivity contribution in [1.29, 1.82) is 0 Å². The molecule has 0 bridgehead atoms. The highest BCUT2D eigenvalue weighted by Crippen LogP contribution is 2.32.